The van der Waals surface area contributed by atoms with Gasteiger partial charge in [0.25, 0.3) is 0 Å². The Balaban J connectivity index is 4.91. The van der Waals surface area contributed by atoms with Gasteiger partial charge < -0.3 is 68.8 Å². The van der Waals surface area contributed by atoms with Crippen molar-refractivity contribution in [2.75, 3.05) is 13.1 Å². The SMILES string of the molecule is CC(C)(C)OC(=O)CCC(CCC(=O)OC(C)(C)C)(CCC(=O)OC(C)(C)C)NC(=O)CCC(CCC(=O)NC(CCC(=O)OC(C)(C)C)(CCC(=O)OC(C)(C)C)CCC(=O)OC(C)(C)C)(CCC(=O)NC(CCC(=O)OC(C)(C)C)(CCC(=O)OC(C)(C)C)CCC(=O)OC(C)(C)C)NC(=O)N1C[C@@H](N=[N+]=[N-])[C@H](N=[N+]=[N-])C1. The number of esters is 9. The van der Waals surface area contributed by atoms with Crippen LogP contribution in [-0.2, 0) is 100 Å². The van der Waals surface area contributed by atoms with E-state index in [1.165, 1.54) is 4.90 Å². The smallest absolute Gasteiger partial charge is 0.317 e. The first kappa shape index (κ1) is 104. The Bertz CT molecular complexity index is 2830. The van der Waals surface area contributed by atoms with Gasteiger partial charge in [0.05, 0.1) is 12.1 Å². The van der Waals surface area contributed by atoms with Crippen LogP contribution in [0.1, 0.15) is 341 Å². The summed E-state index contributed by atoms with van der Waals surface area (Å²) in [6.07, 6.45) is -8.41. The molecule has 4 N–H and O–H groups in total. The molecule has 0 radical (unpaired) electrons. The number of urea groups is 1. The predicted molar refractivity (Wildman–Crippen MR) is 425 cm³/mol. The lowest BCUT2D eigenvalue weighted by Crippen LogP contribution is -2.56. The van der Waals surface area contributed by atoms with Crippen molar-refractivity contribution < 1.29 is 105 Å². The number of likely N-dealkylation sites (tertiary alicyclic amines) is 1. The van der Waals surface area contributed by atoms with Gasteiger partial charge in [-0.3, -0.25) is 57.5 Å². The molecule has 1 rings (SSSR count). The molecule has 0 spiro atoms. The minimum Gasteiger partial charge on any atom is -0.460 e. The number of carbonyl (C=O) groups excluding carboxylic acids is 13. The summed E-state index contributed by atoms with van der Waals surface area (Å²) in [5.74, 6) is -8.59. The number of amides is 5. The number of ether oxygens (including phenoxy) is 9. The van der Waals surface area contributed by atoms with Crippen LogP contribution in [0.25, 0.3) is 20.9 Å². The Labute approximate surface area is 675 Å². The zero-order chi connectivity index (χ0) is 88.1. The topological polar surface area (TPSA) is 454 Å². The summed E-state index contributed by atoms with van der Waals surface area (Å²) in [5, 5.41) is 19.8. The summed E-state index contributed by atoms with van der Waals surface area (Å²) in [6.45, 7) is 44.2. The van der Waals surface area contributed by atoms with E-state index in [0.29, 0.717) is 0 Å². The number of carbonyl (C=O) groups is 13. The Kier molecular flexibility index (Phi) is 39.5. The number of azide groups is 2. The molecule has 114 heavy (non-hydrogen) atoms. The van der Waals surface area contributed by atoms with Gasteiger partial charge in [0, 0.05) is 122 Å². The highest BCUT2D eigenvalue weighted by Crippen LogP contribution is 2.36. The van der Waals surface area contributed by atoms with E-state index in [1.54, 1.807) is 187 Å². The molecular formula is C81H139N11O22. The van der Waals surface area contributed by atoms with Gasteiger partial charge in [-0.25, -0.2) is 4.79 Å². The van der Waals surface area contributed by atoms with Crippen LogP contribution in [0.5, 0.6) is 0 Å². The van der Waals surface area contributed by atoms with Crippen LogP contribution >= 0.6 is 0 Å². The predicted octanol–water partition coefficient (Wildman–Crippen LogP) is 14.1. The van der Waals surface area contributed by atoms with Crippen molar-refractivity contribution in [3.8, 4) is 0 Å². The van der Waals surface area contributed by atoms with Crippen LogP contribution in [0.3, 0.4) is 0 Å². The Morgan fingerprint density at radius 1 is 0.263 bits per heavy atom. The van der Waals surface area contributed by atoms with Crippen LogP contribution < -0.4 is 21.3 Å². The number of hydrogen-bond donors (Lipinski definition) is 4. The fraction of sp³-hybridized carbons (Fsp3) is 0.840. The zero-order valence-corrected chi connectivity index (χ0v) is 73.7. The number of nitrogens with one attached hydrogen (secondary N) is 4. The lowest BCUT2D eigenvalue weighted by Gasteiger charge is -2.40. The largest absolute Gasteiger partial charge is 0.460 e. The zero-order valence-electron chi connectivity index (χ0n) is 73.7. The third-order valence-corrected chi connectivity index (χ3v) is 17.1. The quantitative estimate of drug-likeness (QED) is 0.0145. The van der Waals surface area contributed by atoms with E-state index < -0.39 is 201 Å². The molecule has 0 aromatic carbocycles. The molecule has 0 bridgehead atoms. The fourth-order valence-electron chi connectivity index (χ4n) is 12.6. The lowest BCUT2D eigenvalue weighted by atomic mass is 9.80. The monoisotopic (exact) mass is 1620 g/mol. The van der Waals surface area contributed by atoms with E-state index in [4.69, 9.17) is 42.6 Å². The van der Waals surface area contributed by atoms with Gasteiger partial charge in [0.1, 0.15) is 50.4 Å². The second-order valence-electron chi connectivity index (χ2n) is 38.9. The molecule has 1 saturated heterocycles. The molecule has 5 amide bonds. The van der Waals surface area contributed by atoms with Gasteiger partial charge in [-0.1, -0.05) is 10.2 Å². The Morgan fingerprint density at radius 2 is 0.404 bits per heavy atom. The van der Waals surface area contributed by atoms with Crippen molar-refractivity contribution in [2.45, 2.75) is 426 Å². The van der Waals surface area contributed by atoms with Crippen molar-refractivity contribution in [1.29, 1.82) is 0 Å². The van der Waals surface area contributed by atoms with Crippen LogP contribution in [-0.4, -0.2) is 180 Å². The van der Waals surface area contributed by atoms with Crippen LogP contribution in [0.4, 0.5) is 4.79 Å². The summed E-state index contributed by atoms with van der Waals surface area (Å²) < 4.78 is 51.5. The van der Waals surface area contributed by atoms with Crippen molar-refractivity contribution in [1.82, 2.24) is 26.2 Å². The Hall–Kier alpha value is -8.47. The average molecular weight is 1620 g/mol. The fourth-order valence-corrected chi connectivity index (χ4v) is 12.6. The lowest BCUT2D eigenvalue weighted by molar-refractivity contribution is -0.158. The van der Waals surface area contributed by atoms with Crippen LogP contribution in [0, 0.1) is 0 Å². The molecule has 1 aliphatic rings. The van der Waals surface area contributed by atoms with Crippen LogP contribution in [0.2, 0.25) is 0 Å². The first-order valence-electron chi connectivity index (χ1n) is 39.6. The maximum absolute atomic E-state index is 15.6. The van der Waals surface area contributed by atoms with Gasteiger partial charge in [-0.05, 0) is 275 Å². The summed E-state index contributed by atoms with van der Waals surface area (Å²) >= 11 is 0. The minimum absolute atomic E-state index is 0.218. The molecule has 1 fully saturated rings. The van der Waals surface area contributed by atoms with Gasteiger partial charge >= 0.3 is 59.8 Å². The van der Waals surface area contributed by atoms with E-state index in [0.717, 1.165) is 0 Å². The highest BCUT2D eigenvalue weighted by Gasteiger charge is 2.44. The molecule has 0 unspecified atom stereocenters. The van der Waals surface area contributed by atoms with Gasteiger partial charge in [-0.15, -0.1) is 0 Å². The summed E-state index contributed by atoms with van der Waals surface area (Å²) in [6, 6.07) is -3.14. The molecule has 0 aromatic rings. The van der Waals surface area contributed by atoms with E-state index in [2.05, 4.69) is 41.3 Å². The first-order valence-corrected chi connectivity index (χ1v) is 39.6. The third-order valence-electron chi connectivity index (χ3n) is 17.1. The third kappa shape index (κ3) is 48.0. The highest BCUT2D eigenvalue weighted by atomic mass is 16.6. The number of rotatable bonds is 42. The van der Waals surface area contributed by atoms with Crippen molar-refractivity contribution in [2.24, 2.45) is 10.2 Å². The summed E-state index contributed by atoms with van der Waals surface area (Å²) in [5.41, 5.74) is 3.82. The van der Waals surface area contributed by atoms with E-state index >= 15 is 19.2 Å². The molecule has 1 heterocycles. The average Bonchev–Trinajstić information content (AvgIpc) is 1.68. The first-order chi connectivity index (χ1) is 51.6. The van der Waals surface area contributed by atoms with Crippen LogP contribution in [0.15, 0.2) is 10.2 Å². The second kappa shape index (κ2) is 43.5. The molecule has 33 nitrogen and oxygen atoms in total. The summed E-state index contributed by atoms with van der Waals surface area (Å²) in [4.78, 5) is 193. The highest BCUT2D eigenvalue weighted by molar-refractivity contribution is 5.82. The molecule has 0 aromatic heterocycles. The second-order valence-corrected chi connectivity index (χ2v) is 38.9. The molecule has 33 heteroatoms. The molecule has 2 atom stereocenters. The summed E-state index contributed by atoms with van der Waals surface area (Å²) in [7, 11) is 0. The van der Waals surface area contributed by atoms with Gasteiger partial charge in [-0.2, -0.15) is 0 Å². The number of hydrogen-bond acceptors (Lipinski definition) is 24. The molecular weight excluding hydrogens is 1480 g/mol. The maximum atomic E-state index is 15.6. The van der Waals surface area contributed by atoms with Crippen molar-refractivity contribution >= 4 is 77.5 Å². The van der Waals surface area contributed by atoms with E-state index in [-0.39, 0.29) is 129 Å². The molecule has 650 valence electrons. The molecule has 1 aliphatic heterocycles. The van der Waals surface area contributed by atoms with Gasteiger partial charge in [0.2, 0.25) is 17.7 Å². The molecule has 0 aliphatic carbocycles. The van der Waals surface area contributed by atoms with Gasteiger partial charge in [0.15, 0.2) is 0 Å². The standard InChI is InChI=1S/C81H139N11O22/c1-69(2,3)106-59(96)31-43-78(44-32-60(97)107-70(4,5)6,45-33-61(98)108-71(7,8)9)84-56(93)28-40-81(87-68(105)92-52-54(88-90-82)55(53-92)89-91-83,41-29-57(94)85-79(46-34-62(99)109-72(10,11)12,47-35-63(100)110-73(13,14)15)48-36-64(101)111-74(16,17)18)42-30-58(95)86-80(49-37-65(102)112-75(19,20)21,50-38-66(103)113-76(22,23)24)51-39-67(104)114-77(25,26)27/h54-55H,28-53H2,1-27H3,(H,84,93)(H,85,94)(H,86,95)(H,87,105)/t54-,55-/m1/s1. The molecule has 0 saturated carbocycles. The van der Waals surface area contributed by atoms with Crippen molar-refractivity contribution in [3.63, 3.8) is 0 Å². The minimum atomic E-state index is -1.96. The van der Waals surface area contributed by atoms with E-state index in [9.17, 15) is 54.2 Å². The Morgan fingerprint density at radius 3 is 0.544 bits per heavy atom. The maximum Gasteiger partial charge on any atom is 0.317 e. The number of nitrogens with zero attached hydrogens (tertiary/aromatic N) is 7. The normalized spacial score (nSPS) is 14.8. The van der Waals surface area contributed by atoms with Crippen molar-refractivity contribution in [3.05, 3.63) is 20.9 Å². The van der Waals surface area contributed by atoms with E-state index in [1.807, 2.05) is 0 Å².